The number of carboxylic acids is 1. The Hall–Kier alpha value is -0.220. The number of aliphatic carboxylic acids is 1. The molecule has 0 aromatic heterocycles. The van der Waals surface area contributed by atoms with Crippen LogP contribution in [0.1, 0.15) is 19.8 Å². The molecule has 0 aromatic rings. The van der Waals surface area contributed by atoms with E-state index in [1.165, 1.54) is 6.92 Å². The summed E-state index contributed by atoms with van der Waals surface area (Å²) in [5.41, 5.74) is 0. The molecule has 0 rings (SSSR count). The Morgan fingerprint density at radius 2 is 2.17 bits per heavy atom. The number of thioether (sulfide) groups is 1. The van der Waals surface area contributed by atoms with Gasteiger partial charge in [-0.2, -0.15) is 11.8 Å². The van der Waals surface area contributed by atoms with Gasteiger partial charge >= 0.3 is 5.97 Å². The third-order valence-electron chi connectivity index (χ3n) is 1.82. The first-order chi connectivity index (χ1) is 5.59. The molecule has 72 valence electrons. The van der Waals surface area contributed by atoms with Crippen LogP contribution in [0.5, 0.6) is 0 Å². The molecule has 4 heteroatoms. The molecule has 0 heterocycles. The van der Waals surface area contributed by atoms with E-state index >= 15 is 0 Å². The first kappa shape index (κ1) is 11.8. The van der Waals surface area contributed by atoms with Crippen molar-refractivity contribution in [1.29, 1.82) is 0 Å². The van der Waals surface area contributed by atoms with Gasteiger partial charge in [-0.25, -0.2) is 0 Å². The lowest BCUT2D eigenvalue weighted by atomic mass is 10.0. The van der Waals surface area contributed by atoms with Crippen molar-refractivity contribution in [1.82, 2.24) is 0 Å². The molecular formula is C8H16O3S. The monoisotopic (exact) mass is 192 g/mol. The molecule has 0 aliphatic heterocycles. The molecule has 0 saturated heterocycles. The zero-order chi connectivity index (χ0) is 9.56. The van der Waals surface area contributed by atoms with Gasteiger partial charge in [0.2, 0.25) is 0 Å². The summed E-state index contributed by atoms with van der Waals surface area (Å²) >= 11 is 1.71. The predicted molar refractivity (Wildman–Crippen MR) is 50.4 cm³/mol. The second-order valence-corrected chi connectivity index (χ2v) is 3.81. The topological polar surface area (TPSA) is 57.5 Å². The smallest absolute Gasteiger partial charge is 0.308 e. The zero-order valence-corrected chi connectivity index (χ0v) is 8.30. The van der Waals surface area contributed by atoms with E-state index in [1.807, 2.05) is 6.26 Å². The summed E-state index contributed by atoms with van der Waals surface area (Å²) < 4.78 is 0. The molecule has 0 amide bonds. The maximum Gasteiger partial charge on any atom is 0.308 e. The second-order valence-electron chi connectivity index (χ2n) is 2.83. The van der Waals surface area contributed by atoms with Crippen molar-refractivity contribution in [3.63, 3.8) is 0 Å². The zero-order valence-electron chi connectivity index (χ0n) is 7.49. The van der Waals surface area contributed by atoms with Crippen molar-refractivity contribution in [2.45, 2.75) is 25.9 Å². The highest BCUT2D eigenvalue weighted by Gasteiger charge is 2.20. The van der Waals surface area contributed by atoms with Crippen LogP contribution in [0.25, 0.3) is 0 Å². The third-order valence-corrected chi connectivity index (χ3v) is 2.51. The van der Waals surface area contributed by atoms with Crippen molar-refractivity contribution in [3.8, 4) is 0 Å². The number of carboxylic acid groups (broad SMARTS) is 1. The van der Waals surface area contributed by atoms with Gasteiger partial charge in [0.05, 0.1) is 12.0 Å². The Kier molecular flexibility index (Phi) is 6.20. The number of rotatable bonds is 6. The van der Waals surface area contributed by atoms with Crippen molar-refractivity contribution >= 4 is 17.7 Å². The molecule has 12 heavy (non-hydrogen) atoms. The first-order valence-electron chi connectivity index (χ1n) is 3.99. The van der Waals surface area contributed by atoms with Gasteiger partial charge in [0, 0.05) is 0 Å². The summed E-state index contributed by atoms with van der Waals surface area (Å²) in [4.78, 5) is 10.4. The van der Waals surface area contributed by atoms with E-state index in [9.17, 15) is 9.90 Å². The lowest BCUT2D eigenvalue weighted by Crippen LogP contribution is -2.25. The Morgan fingerprint density at radius 1 is 1.58 bits per heavy atom. The lowest BCUT2D eigenvalue weighted by Gasteiger charge is -2.13. The summed E-state index contributed by atoms with van der Waals surface area (Å²) in [5.74, 6) is -0.595. The molecule has 2 atom stereocenters. The fourth-order valence-electron chi connectivity index (χ4n) is 0.851. The Bertz CT molecular complexity index is 138. The van der Waals surface area contributed by atoms with Crippen LogP contribution >= 0.6 is 11.8 Å². The number of carbonyl (C=O) groups is 1. The largest absolute Gasteiger partial charge is 0.481 e. The van der Waals surface area contributed by atoms with Crippen LogP contribution in [0.2, 0.25) is 0 Å². The standard InChI is InChI=1S/C8H16O3S/c1-6(8(10)11)7(9)4-3-5-12-2/h6-7,9H,3-5H2,1-2H3,(H,10,11). The van der Waals surface area contributed by atoms with Gasteiger partial charge in [-0.3, -0.25) is 4.79 Å². The minimum Gasteiger partial charge on any atom is -0.481 e. The minimum atomic E-state index is -0.924. The van der Waals surface area contributed by atoms with Gasteiger partial charge in [0.15, 0.2) is 0 Å². The number of aliphatic hydroxyl groups excluding tert-OH is 1. The van der Waals surface area contributed by atoms with E-state index in [0.29, 0.717) is 6.42 Å². The van der Waals surface area contributed by atoms with Crippen LogP contribution in [0.15, 0.2) is 0 Å². The fraction of sp³-hybridized carbons (Fsp3) is 0.875. The van der Waals surface area contributed by atoms with Crippen molar-refractivity contribution in [2.24, 2.45) is 5.92 Å². The van der Waals surface area contributed by atoms with Gasteiger partial charge in [-0.15, -0.1) is 0 Å². The number of aliphatic hydroxyl groups is 1. The molecule has 2 N–H and O–H groups in total. The molecule has 0 radical (unpaired) electrons. The highest BCUT2D eigenvalue weighted by molar-refractivity contribution is 7.98. The molecule has 0 aliphatic rings. The molecule has 2 unspecified atom stereocenters. The van der Waals surface area contributed by atoms with E-state index in [2.05, 4.69) is 0 Å². The van der Waals surface area contributed by atoms with E-state index in [4.69, 9.17) is 5.11 Å². The highest BCUT2D eigenvalue weighted by Crippen LogP contribution is 2.11. The van der Waals surface area contributed by atoms with E-state index in [1.54, 1.807) is 11.8 Å². The molecular weight excluding hydrogens is 176 g/mol. The van der Waals surface area contributed by atoms with E-state index < -0.39 is 18.0 Å². The van der Waals surface area contributed by atoms with Crippen LogP contribution in [-0.4, -0.2) is 34.3 Å². The lowest BCUT2D eigenvalue weighted by molar-refractivity contribution is -0.144. The van der Waals surface area contributed by atoms with Crippen LogP contribution in [0, 0.1) is 5.92 Å². The van der Waals surface area contributed by atoms with Crippen LogP contribution < -0.4 is 0 Å². The molecule has 0 saturated carbocycles. The SMILES string of the molecule is CSCCCC(O)C(C)C(=O)O. The van der Waals surface area contributed by atoms with Crippen molar-refractivity contribution < 1.29 is 15.0 Å². The van der Waals surface area contributed by atoms with Gasteiger partial charge in [0.1, 0.15) is 0 Å². The van der Waals surface area contributed by atoms with Crippen LogP contribution in [0.4, 0.5) is 0 Å². The maximum absolute atomic E-state index is 10.4. The molecule has 3 nitrogen and oxygen atoms in total. The number of hydrogen-bond acceptors (Lipinski definition) is 3. The average Bonchev–Trinajstić information content (AvgIpc) is 2.03. The Balaban J connectivity index is 3.56. The van der Waals surface area contributed by atoms with Crippen LogP contribution in [-0.2, 0) is 4.79 Å². The van der Waals surface area contributed by atoms with Crippen molar-refractivity contribution in [3.05, 3.63) is 0 Å². The summed E-state index contributed by atoms with van der Waals surface area (Å²) in [6.45, 7) is 1.53. The summed E-state index contributed by atoms with van der Waals surface area (Å²) in [6.07, 6.45) is 2.75. The minimum absolute atomic E-state index is 0.578. The predicted octanol–water partition coefficient (Wildman–Crippen LogP) is 1.21. The summed E-state index contributed by atoms with van der Waals surface area (Å²) in [7, 11) is 0. The number of hydrogen-bond donors (Lipinski definition) is 2. The fourth-order valence-corrected chi connectivity index (χ4v) is 1.31. The molecule has 0 spiro atoms. The molecule has 0 fully saturated rings. The normalized spacial score (nSPS) is 15.6. The molecule has 0 aromatic carbocycles. The maximum atomic E-state index is 10.4. The van der Waals surface area contributed by atoms with E-state index in [-0.39, 0.29) is 0 Å². The summed E-state index contributed by atoms with van der Waals surface area (Å²) in [6, 6.07) is 0. The highest BCUT2D eigenvalue weighted by atomic mass is 32.2. The summed E-state index contributed by atoms with van der Waals surface area (Å²) in [5, 5.41) is 17.9. The van der Waals surface area contributed by atoms with Gasteiger partial charge in [-0.1, -0.05) is 0 Å². The first-order valence-corrected chi connectivity index (χ1v) is 5.38. The third kappa shape index (κ3) is 4.62. The Labute approximate surface area is 77.2 Å². The average molecular weight is 192 g/mol. The van der Waals surface area contributed by atoms with Crippen molar-refractivity contribution in [2.75, 3.05) is 12.0 Å². The second kappa shape index (κ2) is 6.31. The van der Waals surface area contributed by atoms with E-state index in [0.717, 1.165) is 12.2 Å². The van der Waals surface area contributed by atoms with Gasteiger partial charge in [0.25, 0.3) is 0 Å². The van der Waals surface area contributed by atoms with Crippen LogP contribution in [0.3, 0.4) is 0 Å². The quantitative estimate of drug-likeness (QED) is 0.621. The Morgan fingerprint density at radius 3 is 2.58 bits per heavy atom. The van der Waals surface area contributed by atoms with Gasteiger partial charge < -0.3 is 10.2 Å². The van der Waals surface area contributed by atoms with Gasteiger partial charge in [-0.05, 0) is 31.8 Å². The molecule has 0 bridgehead atoms. The molecule has 0 aliphatic carbocycles.